The van der Waals surface area contributed by atoms with Gasteiger partial charge >= 0.3 is 0 Å². The van der Waals surface area contributed by atoms with E-state index in [1.165, 1.54) is 6.20 Å². The minimum absolute atomic E-state index is 0.201. The molecule has 1 aliphatic rings. The van der Waals surface area contributed by atoms with E-state index in [9.17, 15) is 9.50 Å². The fraction of sp³-hybridized carbons (Fsp3) is 0.273. The van der Waals surface area contributed by atoms with Crippen LogP contribution in [0.2, 0.25) is 0 Å². The highest BCUT2D eigenvalue weighted by atomic mass is 19.1. The van der Waals surface area contributed by atoms with Crippen molar-refractivity contribution in [3.8, 4) is 11.5 Å². The number of aliphatic hydroxyl groups is 1. The zero-order chi connectivity index (χ0) is 22.1. The van der Waals surface area contributed by atoms with Crippen molar-refractivity contribution in [2.24, 2.45) is 5.73 Å². The first-order valence-electron chi connectivity index (χ1n) is 10.4. The van der Waals surface area contributed by atoms with Gasteiger partial charge in [-0.3, -0.25) is 14.9 Å². The number of aliphatic hydroxyl groups excluding tert-OH is 1. The van der Waals surface area contributed by atoms with Crippen LogP contribution in [-0.4, -0.2) is 59.8 Å². The molecule has 10 heteroatoms. The Hall–Kier alpha value is -3.47. The van der Waals surface area contributed by atoms with Gasteiger partial charge < -0.3 is 16.2 Å². The van der Waals surface area contributed by atoms with E-state index in [2.05, 4.69) is 30.3 Å². The third-order valence-electron chi connectivity index (χ3n) is 5.63. The molecule has 164 valence electrons. The van der Waals surface area contributed by atoms with E-state index in [-0.39, 0.29) is 11.7 Å². The number of pyridine rings is 2. The molecule has 4 N–H and O–H groups in total. The quantitative estimate of drug-likeness (QED) is 0.436. The first-order chi connectivity index (χ1) is 15.6. The lowest BCUT2D eigenvalue weighted by Gasteiger charge is -2.33. The van der Waals surface area contributed by atoms with Crippen LogP contribution in [0.15, 0.2) is 55.1 Å². The molecule has 0 aromatic carbocycles. The van der Waals surface area contributed by atoms with E-state index in [0.29, 0.717) is 30.4 Å². The molecule has 1 saturated heterocycles. The number of nitrogens with two attached hydrogens (primary N) is 1. The third kappa shape index (κ3) is 4.03. The molecule has 0 spiro atoms. The molecule has 2 atom stereocenters. The molecule has 1 aliphatic heterocycles. The Bertz CT molecular complexity index is 1230. The molecule has 0 radical (unpaired) electrons. The summed E-state index contributed by atoms with van der Waals surface area (Å²) in [5.74, 6) is 0.390. The monoisotopic (exact) mass is 434 g/mol. The number of hydrogen-bond donors (Lipinski definition) is 3. The minimum Gasteiger partial charge on any atom is -0.390 e. The van der Waals surface area contributed by atoms with Crippen LogP contribution in [-0.2, 0) is 6.54 Å². The third-order valence-corrected chi connectivity index (χ3v) is 5.63. The fourth-order valence-electron chi connectivity index (χ4n) is 3.91. The summed E-state index contributed by atoms with van der Waals surface area (Å²) in [5, 5.41) is 17.9. The molecule has 5 heterocycles. The molecule has 1 fully saturated rings. The zero-order valence-electron chi connectivity index (χ0n) is 17.3. The number of anilines is 2. The van der Waals surface area contributed by atoms with E-state index < -0.39 is 11.9 Å². The number of rotatable bonds is 5. The Kier molecular flexibility index (Phi) is 5.48. The molecule has 9 nitrogen and oxygen atoms in total. The van der Waals surface area contributed by atoms with Crippen molar-refractivity contribution in [3.05, 3.63) is 66.5 Å². The summed E-state index contributed by atoms with van der Waals surface area (Å²) in [6.45, 7) is 1.86. The topological polar surface area (TPSA) is 117 Å². The van der Waals surface area contributed by atoms with Gasteiger partial charge in [-0.25, -0.2) is 13.9 Å². The smallest absolute Gasteiger partial charge is 0.200 e. The Morgan fingerprint density at radius 1 is 1.22 bits per heavy atom. The Balaban J connectivity index is 1.57. The molecule has 0 bridgehead atoms. The van der Waals surface area contributed by atoms with E-state index in [0.717, 1.165) is 30.2 Å². The molecule has 0 aliphatic carbocycles. The van der Waals surface area contributed by atoms with Gasteiger partial charge in [0.1, 0.15) is 11.2 Å². The number of halogens is 1. The van der Waals surface area contributed by atoms with Crippen LogP contribution < -0.4 is 11.1 Å². The number of nitrogens with zero attached hydrogens (tertiary/aromatic N) is 6. The SMILES string of the molecule is N[C@@H]1CCN(Cc2ccn3nc(-c4ccccn4)nc(Nc4ccncc4F)c23)C[C@H]1O. The summed E-state index contributed by atoms with van der Waals surface area (Å²) >= 11 is 0. The second-order valence-corrected chi connectivity index (χ2v) is 7.87. The number of β-amino-alcohol motifs (C(OH)–C–C–N with tert-alkyl or cyclic N) is 1. The number of nitrogens with one attached hydrogen (secondary N) is 1. The van der Waals surface area contributed by atoms with Gasteiger partial charge in [0.05, 0.1) is 18.0 Å². The van der Waals surface area contributed by atoms with Crippen molar-refractivity contribution in [1.82, 2.24) is 29.5 Å². The van der Waals surface area contributed by atoms with Crippen LogP contribution in [0.25, 0.3) is 17.0 Å². The maximum Gasteiger partial charge on any atom is 0.200 e. The Labute approximate surface area is 183 Å². The molecule has 0 amide bonds. The van der Waals surface area contributed by atoms with Crippen LogP contribution in [0.5, 0.6) is 0 Å². The van der Waals surface area contributed by atoms with Gasteiger partial charge in [-0.05, 0) is 36.2 Å². The van der Waals surface area contributed by atoms with Crippen LogP contribution in [0, 0.1) is 5.82 Å². The van der Waals surface area contributed by atoms with E-state index >= 15 is 0 Å². The summed E-state index contributed by atoms with van der Waals surface area (Å²) in [4.78, 5) is 15.0. The highest BCUT2D eigenvalue weighted by Gasteiger charge is 2.26. The van der Waals surface area contributed by atoms with Gasteiger partial charge in [-0.2, -0.15) is 0 Å². The van der Waals surface area contributed by atoms with Gasteiger partial charge in [0.2, 0.25) is 5.82 Å². The van der Waals surface area contributed by atoms with Gasteiger partial charge in [0.15, 0.2) is 11.6 Å². The first kappa shape index (κ1) is 20.4. The van der Waals surface area contributed by atoms with E-state index in [1.807, 2.05) is 30.5 Å². The van der Waals surface area contributed by atoms with E-state index in [4.69, 9.17) is 5.73 Å². The number of piperidine rings is 1. The second-order valence-electron chi connectivity index (χ2n) is 7.87. The average molecular weight is 434 g/mol. The summed E-state index contributed by atoms with van der Waals surface area (Å²) in [7, 11) is 0. The average Bonchev–Trinajstić information content (AvgIpc) is 3.21. The molecular weight excluding hydrogens is 411 g/mol. The Morgan fingerprint density at radius 2 is 2.12 bits per heavy atom. The highest BCUT2D eigenvalue weighted by molar-refractivity contribution is 5.78. The van der Waals surface area contributed by atoms with Gasteiger partial charge in [0.25, 0.3) is 0 Å². The van der Waals surface area contributed by atoms with Crippen molar-refractivity contribution in [3.63, 3.8) is 0 Å². The molecule has 0 saturated carbocycles. The van der Waals surface area contributed by atoms with Gasteiger partial charge in [0, 0.05) is 44.3 Å². The molecular formula is C22H23FN8O. The second kappa shape index (κ2) is 8.58. The van der Waals surface area contributed by atoms with Gasteiger partial charge in [-0.15, -0.1) is 5.10 Å². The van der Waals surface area contributed by atoms with Crippen molar-refractivity contribution in [2.45, 2.75) is 25.1 Å². The van der Waals surface area contributed by atoms with Crippen molar-refractivity contribution in [1.29, 1.82) is 0 Å². The lowest BCUT2D eigenvalue weighted by molar-refractivity contribution is 0.0501. The first-order valence-corrected chi connectivity index (χ1v) is 10.4. The summed E-state index contributed by atoms with van der Waals surface area (Å²) in [5.41, 5.74) is 8.50. The molecule has 4 aromatic rings. The predicted molar refractivity (Wildman–Crippen MR) is 118 cm³/mol. The molecule has 32 heavy (non-hydrogen) atoms. The fourth-order valence-corrected chi connectivity index (χ4v) is 3.91. The number of hydrogen-bond acceptors (Lipinski definition) is 8. The summed E-state index contributed by atoms with van der Waals surface area (Å²) in [6.07, 6.45) is 6.35. The van der Waals surface area contributed by atoms with Crippen LogP contribution >= 0.6 is 0 Å². The number of likely N-dealkylation sites (tertiary alicyclic amines) is 1. The number of fused-ring (bicyclic) bond motifs is 1. The maximum atomic E-state index is 14.3. The summed E-state index contributed by atoms with van der Waals surface area (Å²) < 4.78 is 16.1. The van der Waals surface area contributed by atoms with Crippen molar-refractivity contribution < 1.29 is 9.50 Å². The summed E-state index contributed by atoms with van der Waals surface area (Å²) in [6, 6.07) is 8.81. The maximum absolute atomic E-state index is 14.3. The lowest BCUT2D eigenvalue weighted by Crippen LogP contribution is -2.50. The van der Waals surface area contributed by atoms with Crippen molar-refractivity contribution >= 4 is 17.0 Å². The van der Waals surface area contributed by atoms with Crippen LogP contribution in [0.1, 0.15) is 12.0 Å². The highest BCUT2D eigenvalue weighted by Crippen LogP contribution is 2.28. The molecule has 0 unspecified atom stereocenters. The van der Waals surface area contributed by atoms with Crippen molar-refractivity contribution in [2.75, 3.05) is 18.4 Å². The number of aromatic nitrogens is 5. The largest absolute Gasteiger partial charge is 0.390 e. The molecule has 4 aromatic heterocycles. The standard InChI is InChI=1S/C22H23FN8O/c23-15-11-25-8-4-17(15)27-22-20-14(12-30-9-6-16(24)19(32)13-30)5-10-31(20)29-21(28-22)18-3-1-2-7-26-18/h1-5,7-8,10-11,16,19,32H,6,9,12-13,24H2,(H,25,27,28,29)/t16-,19-/m1/s1. The van der Waals surface area contributed by atoms with Crippen LogP contribution in [0.4, 0.5) is 15.9 Å². The van der Waals surface area contributed by atoms with Crippen LogP contribution in [0.3, 0.4) is 0 Å². The molecule has 5 rings (SSSR count). The normalized spacial score (nSPS) is 19.3. The predicted octanol–water partition coefficient (Wildman–Crippen LogP) is 1.96. The lowest BCUT2D eigenvalue weighted by atomic mass is 10.0. The Morgan fingerprint density at radius 3 is 2.91 bits per heavy atom. The van der Waals surface area contributed by atoms with E-state index in [1.54, 1.807) is 16.8 Å². The zero-order valence-corrected chi connectivity index (χ0v) is 17.3. The van der Waals surface area contributed by atoms with Gasteiger partial charge in [-0.1, -0.05) is 6.07 Å². The minimum atomic E-state index is -0.562.